The number of methoxy groups -OCH3 is 1. The molecule has 0 aliphatic carbocycles. The third-order valence-corrected chi connectivity index (χ3v) is 10.5. The van der Waals surface area contributed by atoms with Crippen LogP contribution in [0, 0.1) is 0 Å². The molecule has 5 aromatic rings. The van der Waals surface area contributed by atoms with Gasteiger partial charge in [-0.3, -0.25) is 4.79 Å². The molecule has 2 N–H and O–H groups in total. The quantitative estimate of drug-likeness (QED) is 0.273. The Kier molecular flexibility index (Phi) is 5.09. The van der Waals surface area contributed by atoms with E-state index >= 15 is 0 Å². The maximum absolute atomic E-state index is 13.6. The summed E-state index contributed by atoms with van der Waals surface area (Å²) in [5, 5.41) is 19.1. The topological polar surface area (TPSA) is 94.7 Å². The Bertz CT molecular complexity index is 2010. The van der Waals surface area contributed by atoms with E-state index in [0.717, 1.165) is 72.7 Å². The lowest BCUT2D eigenvalue weighted by Crippen LogP contribution is -2.56. The van der Waals surface area contributed by atoms with E-state index in [-0.39, 0.29) is 12.3 Å². The zero-order valence-corrected chi connectivity index (χ0v) is 24.3. The number of nitrogens with one attached hydrogen (secondary N) is 1. The molecule has 41 heavy (non-hydrogen) atoms. The number of carbonyl (C=O) groups is 2. The van der Waals surface area contributed by atoms with E-state index < -0.39 is 23.5 Å². The van der Waals surface area contributed by atoms with Crippen molar-refractivity contribution in [3.8, 4) is 0 Å². The van der Waals surface area contributed by atoms with E-state index in [1.54, 1.807) is 6.92 Å². The molecule has 8 nitrogen and oxygen atoms in total. The number of hydrogen-bond donors (Lipinski definition) is 2. The summed E-state index contributed by atoms with van der Waals surface area (Å²) < 4.78 is 16.1. The molecule has 8 rings (SSSR count). The van der Waals surface area contributed by atoms with E-state index in [2.05, 4.69) is 60.1 Å². The van der Waals surface area contributed by atoms with Crippen molar-refractivity contribution in [1.29, 1.82) is 0 Å². The largest absolute Gasteiger partial charge is 0.467 e. The normalized spacial score (nSPS) is 24.6. The molecular weight excluding hydrogens is 538 g/mol. The molecule has 0 unspecified atom stereocenters. The molecule has 3 aliphatic rings. The van der Waals surface area contributed by atoms with Crippen LogP contribution in [-0.4, -0.2) is 44.6 Å². The summed E-state index contributed by atoms with van der Waals surface area (Å²) in [7, 11) is 1.30. The highest BCUT2D eigenvalue weighted by Crippen LogP contribution is 2.58. The predicted octanol–water partition coefficient (Wildman–Crippen LogP) is 5.47. The van der Waals surface area contributed by atoms with E-state index in [9.17, 15) is 14.7 Å². The fourth-order valence-corrected chi connectivity index (χ4v) is 8.24. The third-order valence-electron chi connectivity index (χ3n) is 9.55. The molecule has 1 fully saturated rings. The zero-order valence-electron chi connectivity index (χ0n) is 23.5. The number of rotatable bonds is 5. The summed E-state index contributed by atoms with van der Waals surface area (Å²) in [4.78, 5) is 27.0. The second-order valence-corrected chi connectivity index (χ2v) is 12.8. The Labute approximate surface area is 240 Å². The van der Waals surface area contributed by atoms with Crippen LogP contribution in [0.2, 0.25) is 0 Å². The summed E-state index contributed by atoms with van der Waals surface area (Å²) in [6.45, 7) is 6.46. The molecule has 0 radical (unpaired) electrons. The number of hydrogen-bond acceptors (Lipinski definition) is 6. The van der Waals surface area contributed by atoms with Gasteiger partial charge < -0.3 is 29.0 Å². The maximum Gasteiger partial charge on any atom is 0.343 e. The van der Waals surface area contributed by atoms with E-state index in [4.69, 9.17) is 9.47 Å². The number of benzene rings is 3. The fourth-order valence-electron chi connectivity index (χ4n) is 7.62. The van der Waals surface area contributed by atoms with Gasteiger partial charge in [0.2, 0.25) is 5.60 Å². The molecule has 1 amide bonds. The fraction of sp³-hybridized carbons (Fsp3) is 0.375. The number of amides is 1. The van der Waals surface area contributed by atoms with Gasteiger partial charge in [0.1, 0.15) is 6.23 Å². The first-order chi connectivity index (χ1) is 19.8. The van der Waals surface area contributed by atoms with Crippen molar-refractivity contribution < 1.29 is 24.2 Å². The lowest BCUT2D eigenvalue weighted by Gasteiger charge is -2.37. The maximum atomic E-state index is 13.6. The van der Waals surface area contributed by atoms with Crippen LogP contribution >= 0.6 is 11.8 Å². The average Bonchev–Trinajstić information content (AvgIpc) is 3.67. The molecule has 2 bridgehead atoms. The van der Waals surface area contributed by atoms with E-state index in [0.29, 0.717) is 12.1 Å². The number of thioether (sulfide) groups is 1. The van der Waals surface area contributed by atoms with Gasteiger partial charge in [-0.15, -0.1) is 0 Å². The van der Waals surface area contributed by atoms with Crippen molar-refractivity contribution in [3.63, 3.8) is 0 Å². The Balaban J connectivity index is 1.64. The standard InChI is InChI=1S/C32H31N3O5S/c1-5-16-7-10-22-19(11-16)24-20-14-33-29(36)26(20)25-18-12-17(15-41-6-2)8-9-21(18)34-23-13-32(38,30(37)39-4)31(3,40-23)35(22)28(24)27(25)34/h7-12,23,38H,5-6,13-15H2,1-4H3,(H,33,36)/t23-,31+,32+/m1/s1. The average molecular weight is 570 g/mol. The summed E-state index contributed by atoms with van der Waals surface area (Å²) in [6, 6.07) is 12.7. The first kappa shape index (κ1) is 25.2. The lowest BCUT2D eigenvalue weighted by atomic mass is 9.88. The summed E-state index contributed by atoms with van der Waals surface area (Å²) >= 11 is 1.85. The van der Waals surface area contributed by atoms with Crippen molar-refractivity contribution in [3.05, 3.63) is 58.7 Å². The van der Waals surface area contributed by atoms with Gasteiger partial charge >= 0.3 is 5.97 Å². The molecule has 210 valence electrons. The first-order valence-corrected chi connectivity index (χ1v) is 15.4. The van der Waals surface area contributed by atoms with Crippen molar-refractivity contribution in [2.45, 2.75) is 63.5 Å². The van der Waals surface area contributed by atoms with Crippen molar-refractivity contribution >= 4 is 67.3 Å². The number of carbonyl (C=O) groups excluding carboxylic acids is 2. The lowest BCUT2D eigenvalue weighted by molar-refractivity contribution is -0.202. The van der Waals surface area contributed by atoms with Crippen molar-refractivity contribution in [2.75, 3.05) is 12.9 Å². The Morgan fingerprint density at radius 3 is 2.61 bits per heavy atom. The van der Waals surface area contributed by atoms with Gasteiger partial charge in [0.05, 0.1) is 34.7 Å². The van der Waals surface area contributed by atoms with Crippen LogP contribution in [0.1, 0.15) is 60.5 Å². The monoisotopic (exact) mass is 569 g/mol. The van der Waals surface area contributed by atoms with Gasteiger partial charge in [-0.05, 0) is 60.1 Å². The highest BCUT2D eigenvalue weighted by atomic mass is 32.2. The summed E-state index contributed by atoms with van der Waals surface area (Å²) in [6.07, 6.45) is 0.209. The second kappa shape index (κ2) is 8.27. The number of nitrogens with zero attached hydrogens (tertiary/aromatic N) is 2. The van der Waals surface area contributed by atoms with Gasteiger partial charge in [0, 0.05) is 40.3 Å². The molecule has 5 heterocycles. The van der Waals surface area contributed by atoms with Crippen LogP contribution in [0.4, 0.5) is 0 Å². The molecule has 0 spiro atoms. The summed E-state index contributed by atoms with van der Waals surface area (Å²) in [5.74, 6) is 1.08. The van der Waals surface area contributed by atoms with Gasteiger partial charge in [-0.25, -0.2) is 4.79 Å². The van der Waals surface area contributed by atoms with Crippen LogP contribution in [0.3, 0.4) is 0 Å². The highest BCUT2D eigenvalue weighted by Gasteiger charge is 2.65. The minimum atomic E-state index is -1.94. The number of fused-ring (bicyclic) bond motifs is 13. The Morgan fingerprint density at radius 2 is 1.85 bits per heavy atom. The van der Waals surface area contributed by atoms with E-state index in [1.165, 1.54) is 12.7 Å². The number of ether oxygens (including phenoxy) is 2. The molecule has 3 aromatic carbocycles. The molecule has 3 aliphatic heterocycles. The SMILES string of the molecule is CCSCc1ccc2c(c1)c1c3c(c4c5cc(CC)ccc5n5c4c1n2[C@H]1C[C@](O)(C(=O)OC)[C@]5(C)O1)CNC3=O. The molecular formula is C32H31N3O5S. The van der Waals surface area contributed by atoms with Crippen LogP contribution in [0.5, 0.6) is 0 Å². The Hall–Kier alpha value is -3.53. The van der Waals surface area contributed by atoms with Crippen LogP contribution in [0.15, 0.2) is 36.4 Å². The predicted molar refractivity (Wildman–Crippen MR) is 160 cm³/mol. The van der Waals surface area contributed by atoms with Crippen LogP contribution < -0.4 is 5.32 Å². The van der Waals surface area contributed by atoms with Crippen molar-refractivity contribution in [1.82, 2.24) is 14.5 Å². The molecule has 0 saturated carbocycles. The first-order valence-electron chi connectivity index (χ1n) is 14.2. The minimum Gasteiger partial charge on any atom is -0.467 e. The van der Waals surface area contributed by atoms with Crippen LogP contribution in [-0.2, 0) is 38.7 Å². The van der Waals surface area contributed by atoms with Gasteiger partial charge in [0.15, 0.2) is 5.72 Å². The van der Waals surface area contributed by atoms with Gasteiger partial charge in [0.25, 0.3) is 5.91 Å². The van der Waals surface area contributed by atoms with E-state index in [1.807, 2.05) is 16.3 Å². The summed E-state index contributed by atoms with van der Waals surface area (Å²) in [5.41, 5.74) is 4.13. The van der Waals surface area contributed by atoms with Gasteiger partial charge in [-0.2, -0.15) is 11.8 Å². The van der Waals surface area contributed by atoms with Crippen LogP contribution in [0.25, 0.3) is 43.6 Å². The number of aliphatic hydroxyl groups is 1. The number of aryl methyl sites for hydroxylation is 1. The van der Waals surface area contributed by atoms with Gasteiger partial charge in [-0.1, -0.05) is 26.0 Å². The minimum absolute atomic E-state index is 0.0133. The smallest absolute Gasteiger partial charge is 0.343 e. The molecule has 1 saturated heterocycles. The molecule has 2 aromatic heterocycles. The number of esters is 1. The highest BCUT2D eigenvalue weighted by molar-refractivity contribution is 7.98. The Morgan fingerprint density at radius 1 is 1.12 bits per heavy atom. The number of aromatic nitrogens is 2. The molecule has 9 heteroatoms. The second-order valence-electron chi connectivity index (χ2n) is 11.5. The zero-order chi connectivity index (χ0) is 28.4. The van der Waals surface area contributed by atoms with Crippen molar-refractivity contribution in [2.24, 2.45) is 0 Å². The molecule has 3 atom stereocenters. The third kappa shape index (κ3) is 2.89.